The Labute approximate surface area is 182 Å². The van der Waals surface area contributed by atoms with Crippen LogP contribution in [-0.4, -0.2) is 63.7 Å². The number of aromatic nitrogens is 3. The summed E-state index contributed by atoms with van der Waals surface area (Å²) in [5.41, 5.74) is 0.401. The van der Waals surface area contributed by atoms with Gasteiger partial charge in [-0.25, -0.2) is 4.79 Å². The number of nitrogens with one attached hydrogen (secondary N) is 2. The molecule has 0 bridgehead atoms. The van der Waals surface area contributed by atoms with E-state index in [0.717, 1.165) is 39.1 Å². The number of fused-ring (bicyclic) bond motifs is 1. The van der Waals surface area contributed by atoms with E-state index in [1.807, 2.05) is 12.1 Å². The molecule has 4 atom stereocenters. The van der Waals surface area contributed by atoms with Crippen molar-refractivity contribution in [2.45, 2.75) is 44.4 Å². The summed E-state index contributed by atoms with van der Waals surface area (Å²) in [5.74, 6) is 1.70. The highest BCUT2D eigenvalue weighted by Gasteiger charge is 2.43. The highest BCUT2D eigenvalue weighted by atomic mass is 16.5. The van der Waals surface area contributed by atoms with Crippen LogP contribution in [0.4, 0.5) is 0 Å². The number of carbonyl (C=O) groups is 1. The van der Waals surface area contributed by atoms with Crippen LogP contribution >= 0.6 is 0 Å². The van der Waals surface area contributed by atoms with Crippen LogP contribution in [0.3, 0.4) is 0 Å². The smallest absolute Gasteiger partial charge is 0.325 e. The number of hydrogen-bond acceptors (Lipinski definition) is 5. The Hall–Kier alpha value is -2.45. The molecule has 3 aliphatic rings. The van der Waals surface area contributed by atoms with E-state index in [4.69, 9.17) is 4.74 Å². The fourth-order valence-corrected chi connectivity index (χ4v) is 5.09. The minimum Gasteiger partial charge on any atom is -0.376 e. The van der Waals surface area contributed by atoms with Gasteiger partial charge < -0.3 is 19.9 Å². The van der Waals surface area contributed by atoms with Gasteiger partial charge in [0.25, 0.3) is 5.91 Å². The second-order valence-corrected chi connectivity index (χ2v) is 9.32. The number of pyridine rings is 1. The molecule has 31 heavy (non-hydrogen) atoms. The zero-order valence-corrected chi connectivity index (χ0v) is 17.8. The lowest BCUT2D eigenvalue weighted by molar-refractivity contribution is -0.0212. The zero-order chi connectivity index (χ0) is 21.2. The summed E-state index contributed by atoms with van der Waals surface area (Å²) < 4.78 is 8.05. The molecule has 0 radical (unpaired) electrons. The SMILES string of the molecule is O=C(N[C@H]1C[C@H]2CN(CCn3cc[nH]c3=O)C[C@H]2C[C@@H]1OCC1CC1)c1ccccn1. The maximum atomic E-state index is 12.8. The summed E-state index contributed by atoms with van der Waals surface area (Å²) in [7, 11) is 0. The zero-order valence-electron chi connectivity index (χ0n) is 17.8. The Morgan fingerprint density at radius 3 is 2.74 bits per heavy atom. The van der Waals surface area contributed by atoms with Crippen molar-refractivity contribution in [3.63, 3.8) is 0 Å². The maximum absolute atomic E-state index is 12.8. The van der Waals surface area contributed by atoms with E-state index in [2.05, 4.69) is 20.2 Å². The number of aromatic amines is 1. The van der Waals surface area contributed by atoms with E-state index < -0.39 is 0 Å². The van der Waals surface area contributed by atoms with Crippen LogP contribution in [0, 0.1) is 17.8 Å². The molecule has 2 aromatic rings. The summed E-state index contributed by atoms with van der Waals surface area (Å²) in [6.45, 7) is 4.41. The van der Waals surface area contributed by atoms with Crippen molar-refractivity contribution in [1.29, 1.82) is 0 Å². The van der Waals surface area contributed by atoms with Gasteiger partial charge in [-0.15, -0.1) is 0 Å². The van der Waals surface area contributed by atoms with Crippen molar-refractivity contribution < 1.29 is 9.53 Å². The van der Waals surface area contributed by atoms with Gasteiger partial charge in [0.2, 0.25) is 0 Å². The summed E-state index contributed by atoms with van der Waals surface area (Å²) >= 11 is 0. The number of rotatable bonds is 8. The number of hydrogen-bond donors (Lipinski definition) is 2. The molecule has 0 unspecified atom stereocenters. The Morgan fingerprint density at radius 2 is 2.03 bits per heavy atom. The van der Waals surface area contributed by atoms with E-state index in [-0.39, 0.29) is 23.7 Å². The van der Waals surface area contributed by atoms with Crippen LogP contribution in [0.25, 0.3) is 0 Å². The number of likely N-dealkylation sites (tertiary alicyclic amines) is 1. The van der Waals surface area contributed by atoms with Crippen LogP contribution in [0.1, 0.15) is 36.2 Å². The Bertz CT molecular complexity index is 938. The van der Waals surface area contributed by atoms with Gasteiger partial charge >= 0.3 is 5.69 Å². The van der Waals surface area contributed by atoms with Crippen LogP contribution in [0.5, 0.6) is 0 Å². The summed E-state index contributed by atoms with van der Waals surface area (Å²) in [4.78, 5) is 33.8. The van der Waals surface area contributed by atoms with Gasteiger partial charge in [-0.3, -0.25) is 14.3 Å². The first-order valence-corrected chi connectivity index (χ1v) is 11.5. The van der Waals surface area contributed by atoms with Crippen LogP contribution < -0.4 is 11.0 Å². The van der Waals surface area contributed by atoms with Gasteiger partial charge in [-0.2, -0.15) is 0 Å². The van der Waals surface area contributed by atoms with E-state index in [9.17, 15) is 9.59 Å². The lowest BCUT2D eigenvalue weighted by Gasteiger charge is -2.38. The number of nitrogens with zero attached hydrogens (tertiary/aromatic N) is 3. The van der Waals surface area contributed by atoms with Crippen molar-refractivity contribution in [3.05, 3.63) is 53.0 Å². The first kappa shape index (κ1) is 20.5. The monoisotopic (exact) mass is 425 g/mol. The first-order valence-electron chi connectivity index (χ1n) is 11.5. The van der Waals surface area contributed by atoms with E-state index >= 15 is 0 Å². The number of ether oxygens (including phenoxy) is 1. The molecule has 5 rings (SSSR count). The predicted molar refractivity (Wildman–Crippen MR) is 116 cm³/mol. The van der Waals surface area contributed by atoms with Crippen molar-refractivity contribution in [3.8, 4) is 0 Å². The highest BCUT2D eigenvalue weighted by molar-refractivity contribution is 5.92. The third kappa shape index (κ3) is 4.91. The largest absolute Gasteiger partial charge is 0.376 e. The Kier molecular flexibility index (Phi) is 5.91. The highest BCUT2D eigenvalue weighted by Crippen LogP contribution is 2.39. The Balaban J connectivity index is 1.22. The molecule has 8 nitrogen and oxygen atoms in total. The third-order valence-corrected chi connectivity index (χ3v) is 7.03. The average Bonchev–Trinajstić information content (AvgIpc) is 3.39. The third-order valence-electron chi connectivity index (χ3n) is 7.03. The molecular weight excluding hydrogens is 394 g/mol. The second kappa shape index (κ2) is 8.96. The van der Waals surface area contributed by atoms with Gasteiger partial charge in [-0.05, 0) is 55.6 Å². The number of imidazole rings is 1. The molecule has 1 aliphatic heterocycles. The molecule has 2 aliphatic carbocycles. The summed E-state index contributed by atoms with van der Waals surface area (Å²) in [5, 5.41) is 3.22. The standard InChI is InChI=1S/C23H31N5O3/c29-22(19-3-1-2-6-24-19)26-20-11-17-13-27(9-10-28-8-7-25-23(28)30)14-18(17)12-21(20)31-15-16-4-5-16/h1-3,6-8,16-18,20-21H,4-5,9-15H2,(H,25,30)(H,26,29)/t17-,18+,20-,21-/m0/s1. The van der Waals surface area contributed by atoms with Crippen molar-refractivity contribution >= 4 is 5.91 Å². The molecule has 3 heterocycles. The lowest BCUT2D eigenvalue weighted by atomic mass is 9.77. The number of H-pyrrole nitrogens is 1. The summed E-state index contributed by atoms with van der Waals surface area (Å²) in [6, 6.07) is 5.42. The van der Waals surface area contributed by atoms with Crippen molar-refractivity contribution in [2.75, 3.05) is 26.2 Å². The minimum absolute atomic E-state index is 0.0155. The summed E-state index contributed by atoms with van der Waals surface area (Å²) in [6.07, 6.45) is 9.62. The Morgan fingerprint density at radius 1 is 1.19 bits per heavy atom. The average molecular weight is 426 g/mol. The molecule has 1 amide bonds. The van der Waals surface area contributed by atoms with Gasteiger partial charge in [0.05, 0.1) is 12.1 Å². The lowest BCUT2D eigenvalue weighted by Crippen LogP contribution is -2.50. The molecule has 1 saturated heterocycles. The van der Waals surface area contributed by atoms with Crippen molar-refractivity contribution in [1.82, 2.24) is 24.8 Å². The maximum Gasteiger partial charge on any atom is 0.325 e. The van der Waals surface area contributed by atoms with Gasteiger partial charge in [0.15, 0.2) is 0 Å². The molecule has 166 valence electrons. The molecule has 2 aromatic heterocycles. The first-order chi connectivity index (χ1) is 15.2. The molecule has 3 fully saturated rings. The molecular formula is C23H31N5O3. The molecule has 0 aromatic carbocycles. The van der Waals surface area contributed by atoms with Gasteiger partial charge in [-0.1, -0.05) is 6.07 Å². The molecule has 0 spiro atoms. The number of carbonyl (C=O) groups excluding carboxylic acids is 1. The van der Waals surface area contributed by atoms with Crippen molar-refractivity contribution in [2.24, 2.45) is 17.8 Å². The second-order valence-electron chi connectivity index (χ2n) is 9.32. The van der Waals surface area contributed by atoms with Gasteiger partial charge in [0.1, 0.15) is 5.69 Å². The topological polar surface area (TPSA) is 92.2 Å². The van der Waals surface area contributed by atoms with Crippen LogP contribution in [0.2, 0.25) is 0 Å². The predicted octanol–water partition coefficient (Wildman–Crippen LogP) is 1.51. The fourth-order valence-electron chi connectivity index (χ4n) is 5.09. The fraction of sp³-hybridized carbons (Fsp3) is 0.609. The normalized spacial score (nSPS) is 28.4. The quantitative estimate of drug-likeness (QED) is 0.669. The van der Waals surface area contributed by atoms with Crippen LogP contribution in [-0.2, 0) is 11.3 Å². The number of amides is 1. The van der Waals surface area contributed by atoms with E-state index in [0.29, 0.717) is 30.0 Å². The molecule has 2 saturated carbocycles. The van der Waals surface area contributed by atoms with E-state index in [1.54, 1.807) is 29.2 Å². The molecule has 2 N–H and O–H groups in total. The van der Waals surface area contributed by atoms with Crippen LogP contribution in [0.15, 0.2) is 41.6 Å². The van der Waals surface area contributed by atoms with E-state index in [1.165, 1.54) is 12.8 Å². The molecule has 8 heteroatoms. The minimum atomic E-state index is -0.120. The van der Waals surface area contributed by atoms with Gasteiger partial charge in [0, 0.05) is 51.4 Å².